The molecule has 1 aromatic rings. The second kappa shape index (κ2) is 4.43. The summed E-state index contributed by atoms with van der Waals surface area (Å²) >= 11 is 5.82. The molecule has 0 bridgehead atoms. The zero-order chi connectivity index (χ0) is 9.84. The van der Waals surface area contributed by atoms with Gasteiger partial charge in [-0.2, -0.15) is 0 Å². The molecule has 0 fully saturated rings. The van der Waals surface area contributed by atoms with E-state index in [0.717, 1.165) is 0 Å². The Balaban J connectivity index is 3.00. The van der Waals surface area contributed by atoms with Crippen LogP contribution >= 0.6 is 11.6 Å². The van der Waals surface area contributed by atoms with Crippen LogP contribution in [0.25, 0.3) is 6.08 Å². The number of halogens is 2. The van der Waals surface area contributed by atoms with E-state index in [9.17, 15) is 4.39 Å². The van der Waals surface area contributed by atoms with Crippen LogP contribution in [0.1, 0.15) is 19.4 Å². The van der Waals surface area contributed by atoms with Crippen LogP contribution in [-0.4, -0.2) is 0 Å². The monoisotopic (exact) mass is 198 g/mol. The molecule has 0 spiro atoms. The normalized spacial score (nSPS) is 11.5. The highest BCUT2D eigenvalue weighted by Crippen LogP contribution is 2.20. The van der Waals surface area contributed by atoms with Crippen molar-refractivity contribution in [3.63, 3.8) is 0 Å². The molecule has 0 nitrogen and oxygen atoms in total. The average Bonchev–Trinajstić information content (AvgIpc) is 2.03. The number of hydrogen-bond acceptors (Lipinski definition) is 0. The van der Waals surface area contributed by atoms with E-state index in [1.54, 1.807) is 18.2 Å². The van der Waals surface area contributed by atoms with Gasteiger partial charge in [0.1, 0.15) is 5.82 Å². The Morgan fingerprint density at radius 2 is 2.08 bits per heavy atom. The van der Waals surface area contributed by atoms with Crippen LogP contribution in [0.5, 0.6) is 0 Å². The summed E-state index contributed by atoms with van der Waals surface area (Å²) in [5.74, 6) is 0.125. The first-order chi connectivity index (χ1) is 6.11. The van der Waals surface area contributed by atoms with Gasteiger partial charge in [-0.25, -0.2) is 4.39 Å². The lowest BCUT2D eigenvalue weighted by Crippen LogP contribution is -1.84. The predicted octanol–water partition coefficient (Wildman–Crippen LogP) is 4.15. The Labute approximate surface area is 83.0 Å². The maximum Gasteiger partial charge on any atom is 0.131 e. The molecule has 1 aromatic carbocycles. The Kier molecular flexibility index (Phi) is 3.49. The number of hydrogen-bond donors (Lipinski definition) is 0. The minimum Gasteiger partial charge on any atom is -0.206 e. The predicted molar refractivity (Wildman–Crippen MR) is 55.3 cm³/mol. The van der Waals surface area contributed by atoms with Crippen LogP contribution in [0.2, 0.25) is 5.02 Å². The van der Waals surface area contributed by atoms with Gasteiger partial charge in [-0.3, -0.25) is 0 Å². The largest absolute Gasteiger partial charge is 0.206 e. The molecule has 0 aromatic heterocycles. The van der Waals surface area contributed by atoms with Gasteiger partial charge in [-0.05, 0) is 18.1 Å². The molecule has 1 rings (SSSR count). The zero-order valence-electron chi connectivity index (χ0n) is 7.72. The first-order valence-electron chi connectivity index (χ1n) is 4.23. The third kappa shape index (κ3) is 2.85. The maximum atomic E-state index is 13.2. The Morgan fingerprint density at radius 3 is 2.62 bits per heavy atom. The van der Waals surface area contributed by atoms with E-state index in [1.807, 2.05) is 19.9 Å². The van der Waals surface area contributed by atoms with E-state index in [1.165, 1.54) is 6.07 Å². The molecule has 0 radical (unpaired) electrons. The van der Waals surface area contributed by atoms with Crippen LogP contribution in [0, 0.1) is 11.7 Å². The minimum atomic E-state index is -0.274. The average molecular weight is 199 g/mol. The fraction of sp³-hybridized carbons (Fsp3) is 0.273. The molecule has 13 heavy (non-hydrogen) atoms. The van der Waals surface area contributed by atoms with E-state index < -0.39 is 0 Å². The van der Waals surface area contributed by atoms with Gasteiger partial charge in [0, 0.05) is 5.56 Å². The highest BCUT2D eigenvalue weighted by molar-refractivity contribution is 6.32. The molecule has 2 heteroatoms. The second-order valence-corrected chi connectivity index (χ2v) is 3.65. The molecule has 0 aliphatic carbocycles. The Hall–Kier alpha value is -0.820. The van der Waals surface area contributed by atoms with Gasteiger partial charge in [0.05, 0.1) is 5.02 Å². The minimum absolute atomic E-state index is 0.274. The van der Waals surface area contributed by atoms with Crippen molar-refractivity contribution in [2.45, 2.75) is 13.8 Å². The molecule has 0 atom stereocenters. The summed E-state index contributed by atoms with van der Waals surface area (Å²) in [5, 5.41) is 0.455. The first-order valence-corrected chi connectivity index (χ1v) is 4.61. The smallest absolute Gasteiger partial charge is 0.131 e. The van der Waals surface area contributed by atoms with Crippen molar-refractivity contribution < 1.29 is 4.39 Å². The molecular weight excluding hydrogens is 187 g/mol. The molecule has 70 valence electrons. The molecule has 0 heterocycles. The molecule has 0 amide bonds. The molecule has 0 saturated heterocycles. The third-order valence-electron chi connectivity index (χ3n) is 1.65. The van der Waals surface area contributed by atoms with Crippen LogP contribution in [0.4, 0.5) is 4.39 Å². The van der Waals surface area contributed by atoms with Crippen LogP contribution in [0.15, 0.2) is 24.3 Å². The highest BCUT2D eigenvalue weighted by atomic mass is 35.5. The molecule has 0 aliphatic heterocycles. The summed E-state index contributed by atoms with van der Waals surface area (Å²) in [7, 11) is 0. The Bertz CT molecular complexity index is 296. The second-order valence-electron chi connectivity index (χ2n) is 3.24. The first kappa shape index (κ1) is 10.3. The lowest BCUT2D eigenvalue weighted by Gasteiger charge is -2.00. The molecular formula is C11H12ClF. The van der Waals surface area contributed by atoms with E-state index >= 15 is 0 Å². The molecule has 0 N–H and O–H groups in total. The Morgan fingerprint density at radius 1 is 1.38 bits per heavy atom. The quantitative estimate of drug-likeness (QED) is 0.670. The topological polar surface area (TPSA) is 0 Å². The summed E-state index contributed by atoms with van der Waals surface area (Å²) in [6.45, 7) is 4.07. The standard InChI is InChI=1S/C11H12ClF/c1-8(2)6-7-9-10(12)4-3-5-11(9)13/h3-8H,1-2H3/b7-6+. The highest BCUT2D eigenvalue weighted by Gasteiger charge is 2.02. The van der Waals surface area contributed by atoms with Crippen molar-refractivity contribution in [1.82, 2.24) is 0 Å². The fourth-order valence-electron chi connectivity index (χ4n) is 0.959. The van der Waals surface area contributed by atoms with Gasteiger partial charge in [-0.15, -0.1) is 0 Å². The SMILES string of the molecule is CC(C)/C=C/c1c(F)cccc1Cl. The fourth-order valence-corrected chi connectivity index (χ4v) is 1.18. The summed E-state index contributed by atoms with van der Waals surface area (Å²) in [4.78, 5) is 0. The van der Waals surface area contributed by atoms with E-state index in [0.29, 0.717) is 16.5 Å². The molecule has 0 saturated carbocycles. The third-order valence-corrected chi connectivity index (χ3v) is 1.98. The lowest BCUT2D eigenvalue weighted by atomic mass is 10.1. The van der Waals surface area contributed by atoms with Gasteiger partial charge >= 0.3 is 0 Å². The van der Waals surface area contributed by atoms with Gasteiger partial charge in [0.15, 0.2) is 0 Å². The van der Waals surface area contributed by atoms with E-state index in [2.05, 4.69) is 0 Å². The summed E-state index contributed by atoms with van der Waals surface area (Å²) in [6.07, 6.45) is 3.65. The maximum absolute atomic E-state index is 13.2. The van der Waals surface area contributed by atoms with Crippen molar-refractivity contribution in [2.24, 2.45) is 5.92 Å². The van der Waals surface area contributed by atoms with Crippen molar-refractivity contribution in [3.05, 3.63) is 40.7 Å². The summed E-state index contributed by atoms with van der Waals surface area (Å²) in [5.41, 5.74) is 0.470. The van der Waals surface area contributed by atoms with E-state index in [4.69, 9.17) is 11.6 Å². The van der Waals surface area contributed by atoms with Gasteiger partial charge < -0.3 is 0 Å². The van der Waals surface area contributed by atoms with Crippen LogP contribution < -0.4 is 0 Å². The number of allylic oxidation sites excluding steroid dienone is 1. The molecule has 0 unspecified atom stereocenters. The van der Waals surface area contributed by atoms with E-state index in [-0.39, 0.29) is 5.82 Å². The van der Waals surface area contributed by atoms with Gasteiger partial charge in [0.25, 0.3) is 0 Å². The number of rotatable bonds is 2. The molecule has 0 aliphatic rings. The van der Waals surface area contributed by atoms with Crippen molar-refractivity contribution in [3.8, 4) is 0 Å². The lowest BCUT2D eigenvalue weighted by molar-refractivity contribution is 0.625. The van der Waals surface area contributed by atoms with Crippen molar-refractivity contribution in [2.75, 3.05) is 0 Å². The van der Waals surface area contributed by atoms with Crippen molar-refractivity contribution >= 4 is 17.7 Å². The van der Waals surface area contributed by atoms with Crippen LogP contribution in [-0.2, 0) is 0 Å². The summed E-state index contributed by atoms with van der Waals surface area (Å²) in [6, 6.07) is 4.70. The summed E-state index contributed by atoms with van der Waals surface area (Å²) < 4.78 is 13.2. The number of benzene rings is 1. The van der Waals surface area contributed by atoms with Crippen LogP contribution in [0.3, 0.4) is 0 Å². The zero-order valence-corrected chi connectivity index (χ0v) is 8.48. The van der Waals surface area contributed by atoms with Gasteiger partial charge in [-0.1, -0.05) is 43.7 Å². The van der Waals surface area contributed by atoms with Crippen molar-refractivity contribution in [1.29, 1.82) is 0 Å². The van der Waals surface area contributed by atoms with Gasteiger partial charge in [0.2, 0.25) is 0 Å².